The van der Waals surface area contributed by atoms with Gasteiger partial charge >= 0.3 is 0 Å². The van der Waals surface area contributed by atoms with Crippen LogP contribution >= 0.6 is 23.2 Å². The lowest BCUT2D eigenvalue weighted by molar-refractivity contribution is -0.00106. The third-order valence-electron chi connectivity index (χ3n) is 2.35. The SMILES string of the molecule is [C-]#[N+]c1c(Cl)nc(Cl)c2c1C(F)(F)CC2. The van der Waals surface area contributed by atoms with Crippen molar-refractivity contribution < 1.29 is 8.78 Å². The Morgan fingerprint density at radius 2 is 2.00 bits per heavy atom. The quantitative estimate of drug-likeness (QED) is 0.502. The molecule has 1 aliphatic carbocycles. The van der Waals surface area contributed by atoms with Gasteiger partial charge in [0, 0.05) is 12.0 Å². The van der Waals surface area contributed by atoms with Crippen LogP contribution in [0, 0.1) is 6.57 Å². The van der Waals surface area contributed by atoms with Crippen LogP contribution in [-0.2, 0) is 12.3 Å². The molecular formula is C9H4Cl2F2N2. The zero-order valence-electron chi connectivity index (χ0n) is 7.32. The molecule has 1 aromatic rings. The predicted octanol–water partition coefficient (Wildman–Crippen LogP) is 3.98. The molecule has 15 heavy (non-hydrogen) atoms. The van der Waals surface area contributed by atoms with E-state index in [9.17, 15) is 8.78 Å². The van der Waals surface area contributed by atoms with Crippen molar-refractivity contribution in [2.24, 2.45) is 0 Å². The summed E-state index contributed by atoms with van der Waals surface area (Å²) in [6.07, 6.45) is -0.208. The second-order valence-corrected chi connectivity index (χ2v) is 3.93. The molecule has 0 amide bonds. The smallest absolute Gasteiger partial charge is 0.236 e. The zero-order chi connectivity index (χ0) is 11.2. The molecule has 1 aliphatic rings. The topological polar surface area (TPSA) is 17.2 Å². The van der Waals surface area contributed by atoms with Crippen LogP contribution in [0.25, 0.3) is 4.85 Å². The van der Waals surface area contributed by atoms with Crippen LogP contribution in [-0.4, -0.2) is 4.98 Å². The summed E-state index contributed by atoms with van der Waals surface area (Å²) in [6.45, 7) is 6.82. The number of aromatic nitrogens is 1. The number of hydrogen-bond acceptors (Lipinski definition) is 1. The Balaban J connectivity index is 2.82. The molecule has 1 heterocycles. The van der Waals surface area contributed by atoms with E-state index in [2.05, 4.69) is 9.83 Å². The van der Waals surface area contributed by atoms with Gasteiger partial charge in [0.25, 0.3) is 5.92 Å². The first kappa shape index (κ1) is 10.6. The van der Waals surface area contributed by atoms with Gasteiger partial charge in [0.15, 0.2) is 0 Å². The minimum atomic E-state index is -3.02. The lowest BCUT2D eigenvalue weighted by Crippen LogP contribution is -2.08. The highest BCUT2D eigenvalue weighted by molar-refractivity contribution is 6.35. The van der Waals surface area contributed by atoms with Crippen LogP contribution < -0.4 is 0 Å². The van der Waals surface area contributed by atoms with E-state index < -0.39 is 5.92 Å². The molecule has 0 bridgehead atoms. The lowest BCUT2D eigenvalue weighted by atomic mass is 10.1. The van der Waals surface area contributed by atoms with Crippen LogP contribution in [0.4, 0.5) is 14.5 Å². The van der Waals surface area contributed by atoms with Crippen molar-refractivity contribution >= 4 is 28.9 Å². The molecule has 0 unspecified atom stereocenters. The molecule has 6 heteroatoms. The summed E-state index contributed by atoms with van der Waals surface area (Å²) < 4.78 is 26.9. The Hall–Kier alpha value is -0.920. The molecule has 2 nitrogen and oxygen atoms in total. The number of pyridine rings is 1. The normalized spacial score (nSPS) is 17.3. The second kappa shape index (κ2) is 3.29. The zero-order valence-corrected chi connectivity index (χ0v) is 8.83. The summed E-state index contributed by atoms with van der Waals surface area (Å²) in [6, 6.07) is 0. The van der Waals surface area contributed by atoms with Gasteiger partial charge in [-0.25, -0.2) is 18.6 Å². The van der Waals surface area contributed by atoms with Gasteiger partial charge < -0.3 is 0 Å². The first-order chi connectivity index (χ1) is 6.97. The molecule has 0 aromatic carbocycles. The van der Waals surface area contributed by atoms with Crippen molar-refractivity contribution in [2.45, 2.75) is 18.8 Å². The van der Waals surface area contributed by atoms with Gasteiger partial charge in [-0.15, -0.1) is 0 Å². The van der Waals surface area contributed by atoms with Crippen LogP contribution in [0.2, 0.25) is 10.3 Å². The van der Waals surface area contributed by atoms with E-state index in [4.69, 9.17) is 29.8 Å². The summed E-state index contributed by atoms with van der Waals surface area (Å²) in [7, 11) is 0. The Labute approximate surface area is 94.6 Å². The molecule has 1 aromatic heterocycles. The van der Waals surface area contributed by atoms with Gasteiger partial charge in [-0.2, -0.15) is 0 Å². The minimum absolute atomic E-state index is 0.0282. The third-order valence-corrected chi connectivity index (χ3v) is 2.92. The fraction of sp³-hybridized carbons (Fsp3) is 0.333. The average molecular weight is 249 g/mol. The van der Waals surface area contributed by atoms with Gasteiger partial charge in [-0.3, -0.25) is 0 Å². The van der Waals surface area contributed by atoms with Crippen LogP contribution in [0.3, 0.4) is 0 Å². The highest BCUT2D eigenvalue weighted by Crippen LogP contribution is 2.50. The first-order valence-electron chi connectivity index (χ1n) is 4.11. The van der Waals surface area contributed by atoms with E-state index in [1.165, 1.54) is 0 Å². The summed E-state index contributed by atoms with van der Waals surface area (Å²) >= 11 is 11.3. The Bertz CT molecular complexity index is 480. The van der Waals surface area contributed by atoms with Crippen LogP contribution in [0.15, 0.2) is 0 Å². The van der Waals surface area contributed by atoms with Gasteiger partial charge in [0.1, 0.15) is 10.3 Å². The molecule has 0 N–H and O–H groups in total. The van der Waals surface area contributed by atoms with Crippen LogP contribution in [0.5, 0.6) is 0 Å². The van der Waals surface area contributed by atoms with E-state index in [-0.39, 0.29) is 40.0 Å². The van der Waals surface area contributed by atoms with E-state index in [0.717, 1.165) is 0 Å². The fourth-order valence-electron chi connectivity index (χ4n) is 1.69. The number of rotatable bonds is 0. The monoisotopic (exact) mass is 248 g/mol. The van der Waals surface area contributed by atoms with E-state index in [1.54, 1.807) is 0 Å². The maximum atomic E-state index is 13.5. The van der Waals surface area contributed by atoms with Crippen molar-refractivity contribution in [3.8, 4) is 0 Å². The van der Waals surface area contributed by atoms with Gasteiger partial charge in [0.2, 0.25) is 5.69 Å². The van der Waals surface area contributed by atoms with E-state index in [0.29, 0.717) is 0 Å². The number of alkyl halides is 2. The Morgan fingerprint density at radius 3 is 2.60 bits per heavy atom. The van der Waals surface area contributed by atoms with Gasteiger partial charge in [-0.05, 0) is 12.0 Å². The molecular weight excluding hydrogens is 245 g/mol. The highest BCUT2D eigenvalue weighted by Gasteiger charge is 2.43. The standard InChI is InChI=1S/C9H4Cl2F2N2/c1-14-6-5-4(2-3-9(5,12)13)7(10)15-8(6)11/h2-3H2. The molecule has 2 rings (SSSR count). The van der Waals surface area contributed by atoms with Crippen molar-refractivity contribution in [1.82, 2.24) is 4.98 Å². The summed E-state index contributed by atoms with van der Waals surface area (Å²) in [5, 5.41) is -0.282. The molecule has 78 valence electrons. The minimum Gasteiger partial charge on any atom is -0.236 e. The number of halogens is 4. The lowest BCUT2D eigenvalue weighted by Gasteiger charge is -2.12. The Morgan fingerprint density at radius 1 is 1.33 bits per heavy atom. The van der Waals surface area contributed by atoms with Gasteiger partial charge in [-0.1, -0.05) is 23.2 Å². The molecule has 0 fully saturated rings. The first-order valence-corrected chi connectivity index (χ1v) is 4.86. The molecule has 0 atom stereocenters. The Kier molecular flexibility index (Phi) is 2.32. The van der Waals surface area contributed by atoms with E-state index >= 15 is 0 Å². The van der Waals surface area contributed by atoms with E-state index in [1.807, 2.05) is 0 Å². The van der Waals surface area contributed by atoms with Crippen molar-refractivity contribution in [1.29, 1.82) is 0 Å². The number of nitrogens with zero attached hydrogens (tertiary/aromatic N) is 2. The third kappa shape index (κ3) is 1.47. The number of hydrogen-bond donors (Lipinski definition) is 0. The van der Waals surface area contributed by atoms with Crippen molar-refractivity contribution in [3.63, 3.8) is 0 Å². The number of fused-ring (bicyclic) bond motifs is 1. The molecule has 0 spiro atoms. The molecule has 0 saturated heterocycles. The molecule has 0 aliphatic heterocycles. The molecule has 0 saturated carbocycles. The average Bonchev–Trinajstić information content (AvgIpc) is 2.44. The van der Waals surface area contributed by atoms with Crippen molar-refractivity contribution in [2.75, 3.05) is 0 Å². The van der Waals surface area contributed by atoms with Crippen molar-refractivity contribution in [3.05, 3.63) is 32.9 Å². The largest absolute Gasteiger partial charge is 0.265 e. The highest BCUT2D eigenvalue weighted by atomic mass is 35.5. The molecule has 0 radical (unpaired) electrons. The van der Waals surface area contributed by atoms with Gasteiger partial charge in [0.05, 0.1) is 6.57 Å². The summed E-state index contributed by atoms with van der Waals surface area (Å²) in [4.78, 5) is 6.66. The predicted molar refractivity (Wildman–Crippen MR) is 52.7 cm³/mol. The fourth-order valence-corrected chi connectivity index (χ4v) is 2.23. The van der Waals surface area contributed by atoms with Crippen LogP contribution in [0.1, 0.15) is 17.5 Å². The second-order valence-electron chi connectivity index (χ2n) is 3.21. The summed E-state index contributed by atoms with van der Waals surface area (Å²) in [5.74, 6) is -3.02. The summed E-state index contributed by atoms with van der Waals surface area (Å²) in [5.41, 5.74) is -0.377. The maximum Gasteiger partial charge on any atom is 0.265 e. The maximum absolute atomic E-state index is 13.5.